The molecule has 0 aromatic heterocycles. The first-order chi connectivity index (χ1) is 11.7. The van der Waals surface area contributed by atoms with Gasteiger partial charge in [0.1, 0.15) is 5.82 Å². The Bertz CT molecular complexity index is 855. The minimum Gasteiger partial charge on any atom is -0.361 e. The number of hydrogen-bond acceptors (Lipinski definition) is 2. The zero-order valence-corrected chi connectivity index (χ0v) is 12.9. The Morgan fingerprint density at radius 2 is 1.54 bits per heavy atom. The molecule has 3 aromatic rings. The Balaban J connectivity index is 1.66. The highest BCUT2D eigenvalue weighted by molar-refractivity contribution is 6.04. The molecule has 0 radical (unpaired) electrons. The second kappa shape index (κ2) is 7.38. The average molecular weight is 317 g/mol. The summed E-state index contributed by atoms with van der Waals surface area (Å²) in [6.45, 7) is 0. The van der Waals surface area contributed by atoms with Crippen LogP contribution in [0.5, 0.6) is 0 Å². The average Bonchev–Trinajstić information content (AvgIpc) is 2.63. The van der Waals surface area contributed by atoms with E-state index in [2.05, 4.69) is 5.32 Å². The summed E-state index contributed by atoms with van der Waals surface area (Å²) >= 11 is 0. The van der Waals surface area contributed by atoms with Crippen LogP contribution in [0, 0.1) is 5.82 Å². The predicted molar refractivity (Wildman–Crippen MR) is 95.4 cm³/mol. The van der Waals surface area contributed by atoms with Crippen LogP contribution in [-0.2, 0) is 0 Å². The lowest BCUT2D eigenvalue weighted by molar-refractivity contribution is 0.104. The van der Waals surface area contributed by atoms with E-state index in [1.54, 1.807) is 24.3 Å². The molecule has 118 valence electrons. The summed E-state index contributed by atoms with van der Waals surface area (Å²) < 4.78 is 13.1. The monoisotopic (exact) mass is 317 g/mol. The molecule has 3 aromatic carbocycles. The molecule has 0 saturated heterocycles. The third-order valence-corrected chi connectivity index (χ3v) is 3.59. The lowest BCUT2D eigenvalue weighted by Gasteiger charge is -2.03. The Morgan fingerprint density at radius 3 is 2.25 bits per heavy atom. The van der Waals surface area contributed by atoms with Gasteiger partial charge in [-0.1, -0.05) is 60.7 Å². The van der Waals surface area contributed by atoms with E-state index in [0.29, 0.717) is 11.3 Å². The Labute approximate surface area is 140 Å². The molecule has 2 nitrogen and oxygen atoms in total. The number of allylic oxidation sites excluding steroid dienone is 1. The Kier molecular flexibility index (Phi) is 4.82. The molecular weight excluding hydrogens is 301 g/mol. The predicted octanol–water partition coefficient (Wildman–Crippen LogP) is 5.30. The molecule has 0 fully saturated rings. The summed E-state index contributed by atoms with van der Waals surface area (Å²) in [4.78, 5) is 12.1. The maximum atomic E-state index is 13.1. The van der Waals surface area contributed by atoms with Gasteiger partial charge in [0.05, 0.1) is 0 Å². The molecule has 0 atom stereocenters. The lowest BCUT2D eigenvalue weighted by Crippen LogP contribution is -1.96. The topological polar surface area (TPSA) is 29.1 Å². The first-order valence-electron chi connectivity index (χ1n) is 7.61. The first kappa shape index (κ1) is 15.7. The van der Waals surface area contributed by atoms with Crippen molar-refractivity contribution in [3.05, 3.63) is 103 Å². The van der Waals surface area contributed by atoms with Crippen LogP contribution in [0.15, 0.2) is 91.1 Å². The van der Waals surface area contributed by atoms with Crippen LogP contribution in [0.25, 0.3) is 11.1 Å². The van der Waals surface area contributed by atoms with Gasteiger partial charge in [0.25, 0.3) is 0 Å². The van der Waals surface area contributed by atoms with E-state index in [-0.39, 0.29) is 11.6 Å². The van der Waals surface area contributed by atoms with Gasteiger partial charge in [-0.15, -0.1) is 0 Å². The van der Waals surface area contributed by atoms with E-state index in [4.69, 9.17) is 0 Å². The van der Waals surface area contributed by atoms with E-state index in [1.165, 1.54) is 24.4 Å². The van der Waals surface area contributed by atoms with Gasteiger partial charge in [0, 0.05) is 23.5 Å². The maximum absolute atomic E-state index is 13.1. The molecule has 0 aliphatic rings. The van der Waals surface area contributed by atoms with Gasteiger partial charge in [-0.05, 0) is 29.3 Å². The molecule has 0 saturated carbocycles. The van der Waals surface area contributed by atoms with Gasteiger partial charge in [-0.2, -0.15) is 0 Å². The third-order valence-electron chi connectivity index (χ3n) is 3.59. The highest BCUT2D eigenvalue weighted by atomic mass is 19.1. The maximum Gasteiger partial charge on any atom is 0.187 e. The van der Waals surface area contributed by atoms with E-state index < -0.39 is 0 Å². The number of carbonyl (C=O) groups is 1. The van der Waals surface area contributed by atoms with Crippen LogP contribution in [-0.4, -0.2) is 5.78 Å². The largest absolute Gasteiger partial charge is 0.361 e. The second-order valence-electron chi connectivity index (χ2n) is 5.30. The number of ketones is 1. The number of carbonyl (C=O) groups excluding carboxylic acids is 1. The van der Waals surface area contributed by atoms with Crippen molar-refractivity contribution in [1.29, 1.82) is 0 Å². The zero-order valence-electron chi connectivity index (χ0n) is 12.9. The summed E-state index contributed by atoms with van der Waals surface area (Å²) in [5, 5.41) is 2.88. The minimum atomic E-state index is -0.323. The summed E-state index contributed by atoms with van der Waals surface area (Å²) in [7, 11) is 0. The van der Waals surface area contributed by atoms with Crippen molar-refractivity contribution in [3.63, 3.8) is 0 Å². The summed E-state index contributed by atoms with van der Waals surface area (Å²) in [6.07, 6.45) is 2.95. The molecule has 0 unspecified atom stereocenters. The van der Waals surface area contributed by atoms with Gasteiger partial charge in [-0.3, -0.25) is 4.79 Å². The molecule has 0 spiro atoms. The number of rotatable bonds is 5. The van der Waals surface area contributed by atoms with Crippen molar-refractivity contribution >= 4 is 11.5 Å². The van der Waals surface area contributed by atoms with E-state index in [1.807, 2.05) is 42.5 Å². The fraction of sp³-hybridized carbons (Fsp3) is 0. The van der Waals surface area contributed by atoms with Gasteiger partial charge in [-0.25, -0.2) is 4.39 Å². The molecule has 24 heavy (non-hydrogen) atoms. The van der Waals surface area contributed by atoms with Gasteiger partial charge in [0.15, 0.2) is 5.78 Å². The molecule has 3 rings (SSSR count). The lowest BCUT2D eigenvalue weighted by atomic mass is 10.0. The van der Waals surface area contributed by atoms with Crippen LogP contribution >= 0.6 is 0 Å². The Hall–Kier alpha value is -3.20. The highest BCUT2D eigenvalue weighted by Crippen LogP contribution is 2.19. The van der Waals surface area contributed by atoms with Crippen molar-refractivity contribution in [2.45, 2.75) is 0 Å². The first-order valence-corrected chi connectivity index (χ1v) is 7.61. The molecule has 0 amide bonds. The molecule has 3 heteroatoms. The summed E-state index contributed by atoms with van der Waals surface area (Å²) in [5.74, 6) is -0.435. The molecule has 0 bridgehead atoms. The fourth-order valence-electron chi connectivity index (χ4n) is 2.35. The SMILES string of the molecule is O=C(/C=C\Nc1cccc(F)c1)c1ccc(-c2ccccc2)cc1. The fourth-order valence-corrected chi connectivity index (χ4v) is 2.35. The standard InChI is InChI=1S/C21H16FNO/c22-19-7-4-8-20(15-19)23-14-13-21(24)18-11-9-17(10-12-18)16-5-2-1-3-6-16/h1-15,23H/b14-13-. The second-order valence-corrected chi connectivity index (χ2v) is 5.30. The minimum absolute atomic E-state index is 0.112. The number of halogens is 1. The van der Waals surface area contributed by atoms with E-state index in [0.717, 1.165) is 11.1 Å². The van der Waals surface area contributed by atoms with E-state index in [9.17, 15) is 9.18 Å². The van der Waals surface area contributed by atoms with Gasteiger partial charge >= 0.3 is 0 Å². The smallest absolute Gasteiger partial charge is 0.187 e. The van der Waals surface area contributed by atoms with Crippen molar-refractivity contribution in [2.75, 3.05) is 5.32 Å². The number of hydrogen-bond donors (Lipinski definition) is 1. The zero-order chi connectivity index (χ0) is 16.8. The van der Waals surface area contributed by atoms with Crippen LogP contribution in [0.3, 0.4) is 0 Å². The third kappa shape index (κ3) is 3.96. The van der Waals surface area contributed by atoms with Crippen molar-refractivity contribution < 1.29 is 9.18 Å². The Morgan fingerprint density at radius 1 is 0.833 bits per heavy atom. The quantitative estimate of drug-likeness (QED) is 0.511. The van der Waals surface area contributed by atoms with Crippen LogP contribution in [0.1, 0.15) is 10.4 Å². The normalized spacial score (nSPS) is 10.7. The van der Waals surface area contributed by atoms with Crippen LogP contribution < -0.4 is 5.32 Å². The van der Waals surface area contributed by atoms with Crippen molar-refractivity contribution in [1.82, 2.24) is 0 Å². The number of benzene rings is 3. The molecule has 0 heterocycles. The van der Waals surface area contributed by atoms with Crippen molar-refractivity contribution in [3.8, 4) is 11.1 Å². The number of anilines is 1. The molecule has 0 aliphatic heterocycles. The molecule has 1 N–H and O–H groups in total. The molecular formula is C21H16FNO. The van der Waals surface area contributed by atoms with Crippen molar-refractivity contribution in [2.24, 2.45) is 0 Å². The summed E-state index contributed by atoms with van der Waals surface area (Å²) in [6, 6.07) is 23.5. The number of nitrogens with one attached hydrogen (secondary N) is 1. The van der Waals surface area contributed by atoms with Gasteiger partial charge < -0.3 is 5.32 Å². The highest BCUT2D eigenvalue weighted by Gasteiger charge is 2.02. The van der Waals surface area contributed by atoms with Crippen LogP contribution in [0.2, 0.25) is 0 Å². The van der Waals surface area contributed by atoms with E-state index >= 15 is 0 Å². The molecule has 0 aliphatic carbocycles. The summed E-state index contributed by atoms with van der Waals surface area (Å²) in [5.41, 5.74) is 3.37. The van der Waals surface area contributed by atoms with Crippen LogP contribution in [0.4, 0.5) is 10.1 Å². The van der Waals surface area contributed by atoms with Gasteiger partial charge in [0.2, 0.25) is 0 Å².